The fraction of sp³-hybridized carbons (Fsp3) is 0.467. The normalized spacial score (nSPS) is 9.47. The molecule has 0 fully saturated rings. The largest absolute Gasteiger partial charge is 0.244 e. The highest BCUT2D eigenvalue weighted by atomic mass is 14.8. The van der Waals surface area contributed by atoms with Crippen molar-refractivity contribution in [2.75, 3.05) is 0 Å². The molecule has 0 unspecified atom stereocenters. The minimum atomic E-state index is 0.977. The predicted molar refractivity (Wildman–Crippen MR) is 78.8 cm³/mol. The second kappa shape index (κ2) is 11.1. The van der Waals surface area contributed by atoms with Gasteiger partial charge in [0.15, 0.2) is 0 Å². The lowest BCUT2D eigenvalue weighted by molar-refractivity contribution is 1.12. The van der Waals surface area contributed by atoms with Gasteiger partial charge in [0.2, 0.25) is 0 Å². The van der Waals surface area contributed by atoms with Crippen LogP contribution in [-0.2, 0) is 0 Å². The maximum Gasteiger partial charge on any atom is 0.116 e. The summed E-state index contributed by atoms with van der Waals surface area (Å²) in [5.41, 5.74) is 4.15. The topological polar surface area (TPSA) is 25.8 Å². The standard InChI is InChI=1S/C11H14N2.2C2H6/c1-5-9(4)11-10(8(2)3)6-12-7-13-11;2*1-2/h5-7H,2H2,1,3-4H3;2*1-2H3/b9-5-;;. The summed E-state index contributed by atoms with van der Waals surface area (Å²) in [4.78, 5) is 8.21. The lowest BCUT2D eigenvalue weighted by Gasteiger charge is -2.06. The van der Waals surface area contributed by atoms with E-state index in [1.54, 1.807) is 12.5 Å². The molecule has 0 aliphatic heterocycles. The van der Waals surface area contributed by atoms with Gasteiger partial charge in [0, 0.05) is 11.8 Å². The van der Waals surface area contributed by atoms with Crippen molar-refractivity contribution >= 4 is 11.1 Å². The fourth-order valence-corrected chi connectivity index (χ4v) is 1.09. The SMILES string of the molecule is C=C(C)c1cncnc1/C(C)=C\C.CC.CC. The molecule has 1 aromatic rings. The van der Waals surface area contributed by atoms with Crippen molar-refractivity contribution in [2.24, 2.45) is 0 Å². The van der Waals surface area contributed by atoms with E-state index < -0.39 is 0 Å². The number of allylic oxidation sites excluding steroid dienone is 3. The molecule has 0 aliphatic rings. The Bertz CT molecular complexity index is 352. The summed E-state index contributed by atoms with van der Waals surface area (Å²) in [7, 11) is 0. The Morgan fingerprint density at radius 3 is 2.12 bits per heavy atom. The van der Waals surface area contributed by atoms with E-state index in [1.165, 1.54) is 0 Å². The predicted octanol–water partition coefficient (Wildman–Crippen LogP) is 4.99. The quantitative estimate of drug-likeness (QED) is 0.720. The van der Waals surface area contributed by atoms with Gasteiger partial charge in [-0.3, -0.25) is 0 Å². The maximum absolute atomic E-state index is 4.23. The molecule has 1 rings (SSSR count). The van der Waals surface area contributed by atoms with Gasteiger partial charge in [-0.2, -0.15) is 0 Å². The Hall–Kier alpha value is -1.44. The number of rotatable bonds is 2. The zero-order valence-corrected chi connectivity index (χ0v) is 12.3. The van der Waals surface area contributed by atoms with Gasteiger partial charge in [-0.25, -0.2) is 9.97 Å². The van der Waals surface area contributed by atoms with Crippen LogP contribution in [0.1, 0.15) is 59.7 Å². The molecule has 0 aliphatic carbocycles. The van der Waals surface area contributed by atoms with Gasteiger partial charge in [0.1, 0.15) is 6.33 Å². The van der Waals surface area contributed by atoms with Gasteiger partial charge in [0.05, 0.1) is 5.69 Å². The average molecular weight is 234 g/mol. The van der Waals surface area contributed by atoms with Crippen molar-refractivity contribution in [1.82, 2.24) is 9.97 Å². The molecule has 0 bridgehead atoms. The summed E-state index contributed by atoms with van der Waals surface area (Å²) in [6.45, 7) is 17.9. The van der Waals surface area contributed by atoms with E-state index in [2.05, 4.69) is 16.5 Å². The van der Waals surface area contributed by atoms with E-state index in [4.69, 9.17) is 0 Å². The monoisotopic (exact) mass is 234 g/mol. The minimum absolute atomic E-state index is 0.977. The highest BCUT2D eigenvalue weighted by Crippen LogP contribution is 2.20. The zero-order chi connectivity index (χ0) is 13.8. The lowest BCUT2D eigenvalue weighted by Crippen LogP contribution is -1.94. The van der Waals surface area contributed by atoms with Crippen LogP contribution in [0.25, 0.3) is 11.1 Å². The van der Waals surface area contributed by atoms with Crippen molar-refractivity contribution in [3.63, 3.8) is 0 Å². The van der Waals surface area contributed by atoms with Gasteiger partial charge < -0.3 is 0 Å². The van der Waals surface area contributed by atoms with Crippen molar-refractivity contribution < 1.29 is 0 Å². The van der Waals surface area contributed by atoms with Crippen LogP contribution in [0.15, 0.2) is 25.2 Å². The van der Waals surface area contributed by atoms with E-state index in [-0.39, 0.29) is 0 Å². The number of aromatic nitrogens is 2. The Morgan fingerprint density at radius 2 is 1.71 bits per heavy atom. The fourth-order valence-electron chi connectivity index (χ4n) is 1.09. The number of hydrogen-bond acceptors (Lipinski definition) is 2. The molecule has 96 valence electrons. The molecule has 0 atom stereocenters. The van der Waals surface area contributed by atoms with Gasteiger partial charge in [0.25, 0.3) is 0 Å². The summed E-state index contributed by atoms with van der Waals surface area (Å²) in [5.74, 6) is 0. The Balaban J connectivity index is 0. The highest BCUT2D eigenvalue weighted by Gasteiger charge is 2.04. The van der Waals surface area contributed by atoms with E-state index in [0.717, 1.165) is 22.4 Å². The smallest absolute Gasteiger partial charge is 0.116 e. The minimum Gasteiger partial charge on any atom is -0.244 e. The molecule has 1 aromatic heterocycles. The average Bonchev–Trinajstić information content (AvgIpc) is 2.42. The molecular formula is C15H26N2. The Kier molecular flexibility index (Phi) is 11.7. The van der Waals surface area contributed by atoms with Crippen LogP contribution in [0.3, 0.4) is 0 Å². The third kappa shape index (κ3) is 6.00. The first-order valence-corrected chi connectivity index (χ1v) is 6.26. The second-order valence-corrected chi connectivity index (χ2v) is 3.04. The van der Waals surface area contributed by atoms with Gasteiger partial charge in [-0.05, 0) is 31.9 Å². The van der Waals surface area contributed by atoms with Crippen LogP contribution in [0.5, 0.6) is 0 Å². The van der Waals surface area contributed by atoms with Crippen LogP contribution in [-0.4, -0.2) is 9.97 Å². The van der Waals surface area contributed by atoms with E-state index in [1.807, 2.05) is 54.5 Å². The molecule has 2 nitrogen and oxygen atoms in total. The van der Waals surface area contributed by atoms with Crippen LogP contribution in [0, 0.1) is 0 Å². The van der Waals surface area contributed by atoms with E-state index >= 15 is 0 Å². The van der Waals surface area contributed by atoms with E-state index in [0.29, 0.717) is 0 Å². The molecule has 0 aromatic carbocycles. The van der Waals surface area contributed by atoms with Crippen molar-refractivity contribution in [3.8, 4) is 0 Å². The van der Waals surface area contributed by atoms with Crippen LogP contribution >= 0.6 is 0 Å². The summed E-state index contributed by atoms with van der Waals surface area (Å²) in [6.07, 6.45) is 5.40. The van der Waals surface area contributed by atoms with Crippen LogP contribution < -0.4 is 0 Å². The number of nitrogens with zero attached hydrogens (tertiary/aromatic N) is 2. The third-order valence-electron chi connectivity index (χ3n) is 1.98. The van der Waals surface area contributed by atoms with Crippen LogP contribution in [0.2, 0.25) is 0 Å². The highest BCUT2D eigenvalue weighted by molar-refractivity contribution is 5.74. The molecule has 1 heterocycles. The third-order valence-corrected chi connectivity index (χ3v) is 1.98. The summed E-state index contributed by atoms with van der Waals surface area (Å²) in [6, 6.07) is 0. The summed E-state index contributed by atoms with van der Waals surface area (Å²) in [5, 5.41) is 0. The first-order chi connectivity index (χ1) is 8.16. The molecule has 0 N–H and O–H groups in total. The van der Waals surface area contributed by atoms with Gasteiger partial charge in [-0.1, -0.05) is 40.3 Å². The molecule has 17 heavy (non-hydrogen) atoms. The lowest BCUT2D eigenvalue weighted by atomic mass is 10.0. The number of hydrogen-bond donors (Lipinski definition) is 0. The summed E-state index contributed by atoms with van der Waals surface area (Å²) < 4.78 is 0. The van der Waals surface area contributed by atoms with Crippen molar-refractivity contribution in [2.45, 2.75) is 48.5 Å². The van der Waals surface area contributed by atoms with Crippen LogP contribution in [0.4, 0.5) is 0 Å². The molecule has 2 heteroatoms. The summed E-state index contributed by atoms with van der Waals surface area (Å²) >= 11 is 0. The molecule has 0 saturated heterocycles. The van der Waals surface area contributed by atoms with Crippen molar-refractivity contribution in [3.05, 3.63) is 36.4 Å². The van der Waals surface area contributed by atoms with Crippen molar-refractivity contribution in [1.29, 1.82) is 0 Å². The van der Waals surface area contributed by atoms with Gasteiger partial charge >= 0.3 is 0 Å². The molecule has 0 spiro atoms. The second-order valence-electron chi connectivity index (χ2n) is 3.04. The van der Waals surface area contributed by atoms with E-state index in [9.17, 15) is 0 Å². The molecule has 0 amide bonds. The van der Waals surface area contributed by atoms with Gasteiger partial charge in [-0.15, -0.1) is 0 Å². The molecular weight excluding hydrogens is 208 g/mol. The zero-order valence-electron chi connectivity index (χ0n) is 12.3. The first-order valence-electron chi connectivity index (χ1n) is 6.26. The molecule has 0 radical (unpaired) electrons. The maximum atomic E-state index is 4.23. The Morgan fingerprint density at radius 1 is 1.18 bits per heavy atom. The first kappa shape index (κ1) is 17.9. The Labute approximate surface area is 107 Å². The molecule has 0 saturated carbocycles.